The van der Waals surface area contributed by atoms with E-state index < -0.39 is 0 Å². The first-order valence-corrected chi connectivity index (χ1v) is 12.4. The van der Waals surface area contributed by atoms with Crippen LogP contribution in [0.5, 0.6) is 0 Å². The van der Waals surface area contributed by atoms with Crippen molar-refractivity contribution in [1.29, 1.82) is 0 Å². The minimum Gasteiger partial charge on any atom is -0.313 e. The zero-order valence-electron chi connectivity index (χ0n) is 19.1. The van der Waals surface area contributed by atoms with E-state index >= 15 is 0 Å². The maximum Gasteiger partial charge on any atom is 0.139 e. The molecule has 3 rings (SSSR count). The molecule has 2 N–H and O–H groups in total. The van der Waals surface area contributed by atoms with Crippen LogP contribution in [0.25, 0.3) is 0 Å². The molecule has 2 aliphatic carbocycles. The molecule has 6 unspecified atom stereocenters. The number of hydrogen-bond acceptors (Lipinski definition) is 3. The molecule has 1 heterocycles. The smallest absolute Gasteiger partial charge is 0.139 e. The van der Waals surface area contributed by atoms with E-state index in [0.29, 0.717) is 29.8 Å². The summed E-state index contributed by atoms with van der Waals surface area (Å²) < 4.78 is 0. The second-order valence-corrected chi connectivity index (χ2v) is 11.0. The number of fused-ring (bicyclic) bond motifs is 2. The second-order valence-electron chi connectivity index (χ2n) is 11.0. The highest BCUT2D eigenvalue weighted by molar-refractivity contribution is 5.84. The fourth-order valence-corrected chi connectivity index (χ4v) is 6.51. The minimum atomic E-state index is 0.152. The van der Waals surface area contributed by atoms with E-state index in [1.54, 1.807) is 0 Å². The lowest BCUT2D eigenvalue weighted by molar-refractivity contribution is -0.134. The third-order valence-corrected chi connectivity index (χ3v) is 7.92. The van der Waals surface area contributed by atoms with Crippen LogP contribution in [-0.2, 0) is 4.79 Å². The first kappa shape index (κ1) is 22.3. The van der Waals surface area contributed by atoms with Gasteiger partial charge >= 0.3 is 0 Å². The van der Waals surface area contributed by atoms with Crippen LogP contribution in [0, 0.1) is 23.2 Å². The molecule has 0 bridgehead atoms. The Labute approximate surface area is 174 Å². The summed E-state index contributed by atoms with van der Waals surface area (Å²) in [5, 5.41) is 7.93. The van der Waals surface area contributed by atoms with Crippen molar-refractivity contribution < 1.29 is 4.79 Å². The third kappa shape index (κ3) is 5.39. The largest absolute Gasteiger partial charge is 0.313 e. The van der Waals surface area contributed by atoms with Crippen LogP contribution in [0.3, 0.4) is 0 Å². The van der Waals surface area contributed by atoms with Crippen LogP contribution in [0.1, 0.15) is 105 Å². The van der Waals surface area contributed by atoms with Gasteiger partial charge in [0, 0.05) is 30.5 Å². The molecule has 0 spiro atoms. The lowest BCUT2D eigenvalue weighted by atomic mass is 9.59. The minimum absolute atomic E-state index is 0.152. The number of piperidine rings is 1. The average Bonchev–Trinajstić information content (AvgIpc) is 2.63. The van der Waals surface area contributed by atoms with Gasteiger partial charge in [0.2, 0.25) is 0 Å². The first-order chi connectivity index (χ1) is 13.4. The molecular weight excluding hydrogens is 344 g/mol. The van der Waals surface area contributed by atoms with Gasteiger partial charge in [0.1, 0.15) is 5.78 Å². The van der Waals surface area contributed by atoms with Gasteiger partial charge in [0.25, 0.3) is 0 Å². The summed E-state index contributed by atoms with van der Waals surface area (Å²) in [5.74, 6) is 2.09. The Morgan fingerprint density at radius 1 is 1.07 bits per heavy atom. The van der Waals surface area contributed by atoms with Crippen LogP contribution in [0.2, 0.25) is 0 Å². The van der Waals surface area contributed by atoms with Crippen LogP contribution < -0.4 is 10.6 Å². The molecule has 3 heteroatoms. The van der Waals surface area contributed by atoms with Gasteiger partial charge in [-0.05, 0) is 49.5 Å². The average molecular weight is 391 g/mol. The number of unbranched alkanes of at least 4 members (excludes halogenated alkanes) is 6. The zero-order valence-corrected chi connectivity index (χ0v) is 19.1. The summed E-state index contributed by atoms with van der Waals surface area (Å²) in [4.78, 5) is 13.2. The number of nitrogens with one attached hydrogen (secondary N) is 2. The Bertz CT molecular complexity index is 503. The Morgan fingerprint density at radius 2 is 1.79 bits per heavy atom. The second kappa shape index (κ2) is 10.1. The van der Waals surface area contributed by atoms with Gasteiger partial charge in [0.05, 0.1) is 0 Å². The molecule has 3 aliphatic rings. The molecular formula is C25H46N2O. The fourth-order valence-electron chi connectivity index (χ4n) is 6.51. The van der Waals surface area contributed by atoms with Crippen molar-refractivity contribution in [2.24, 2.45) is 23.2 Å². The van der Waals surface area contributed by atoms with E-state index in [0.717, 1.165) is 25.3 Å². The van der Waals surface area contributed by atoms with Crippen molar-refractivity contribution in [1.82, 2.24) is 10.6 Å². The van der Waals surface area contributed by atoms with Crippen LogP contribution in [0.4, 0.5) is 0 Å². The van der Waals surface area contributed by atoms with Crippen molar-refractivity contribution >= 4 is 5.78 Å². The van der Waals surface area contributed by atoms with Gasteiger partial charge in [-0.15, -0.1) is 0 Å². The highest BCUT2D eigenvalue weighted by Gasteiger charge is 2.52. The van der Waals surface area contributed by atoms with Gasteiger partial charge in [0.15, 0.2) is 0 Å². The van der Waals surface area contributed by atoms with E-state index in [-0.39, 0.29) is 11.3 Å². The maximum atomic E-state index is 13.2. The molecule has 6 atom stereocenters. The molecule has 0 amide bonds. The Morgan fingerprint density at radius 3 is 2.54 bits per heavy atom. The van der Waals surface area contributed by atoms with Crippen LogP contribution >= 0.6 is 0 Å². The van der Waals surface area contributed by atoms with Crippen LogP contribution in [-0.4, -0.2) is 30.5 Å². The fraction of sp³-hybridized carbons (Fsp3) is 0.960. The van der Waals surface area contributed by atoms with E-state index in [9.17, 15) is 4.79 Å². The SMILES string of the molecule is CCCCCCCCCNC1C2CCCC(C)C2NC2CC(C)(C)CC(=O)C21. The summed E-state index contributed by atoms with van der Waals surface area (Å²) in [6.45, 7) is 10.4. The number of Topliss-reactive ketones (excluding diaryl/α,β-unsaturated/α-hetero) is 1. The monoisotopic (exact) mass is 390 g/mol. The number of carbonyl (C=O) groups is 1. The summed E-state index contributed by atoms with van der Waals surface area (Å²) >= 11 is 0. The number of carbonyl (C=O) groups excluding carboxylic acids is 1. The van der Waals surface area contributed by atoms with Gasteiger partial charge in [-0.1, -0.05) is 72.6 Å². The molecule has 3 nitrogen and oxygen atoms in total. The van der Waals surface area contributed by atoms with Crippen LogP contribution in [0.15, 0.2) is 0 Å². The predicted octanol–water partition coefficient (Wildman–Crippen LogP) is 5.48. The molecule has 0 aromatic rings. The topological polar surface area (TPSA) is 41.1 Å². The Balaban J connectivity index is 1.58. The first-order valence-electron chi connectivity index (χ1n) is 12.4. The third-order valence-electron chi connectivity index (χ3n) is 7.92. The van der Waals surface area contributed by atoms with Crippen molar-refractivity contribution in [2.75, 3.05) is 6.54 Å². The van der Waals surface area contributed by atoms with Gasteiger partial charge in [-0.25, -0.2) is 0 Å². The van der Waals surface area contributed by atoms with Crippen molar-refractivity contribution in [3.63, 3.8) is 0 Å². The number of ketones is 1. The van der Waals surface area contributed by atoms with Crippen molar-refractivity contribution in [3.05, 3.63) is 0 Å². The van der Waals surface area contributed by atoms with Crippen molar-refractivity contribution in [3.8, 4) is 0 Å². The van der Waals surface area contributed by atoms with Gasteiger partial charge in [-0.2, -0.15) is 0 Å². The molecule has 0 aromatic carbocycles. The molecule has 162 valence electrons. The number of rotatable bonds is 9. The maximum absolute atomic E-state index is 13.2. The summed E-state index contributed by atoms with van der Waals surface area (Å²) in [5.41, 5.74) is 0.152. The molecule has 28 heavy (non-hydrogen) atoms. The standard InChI is InChI=1S/C25H46N2O/c1-5-6-7-8-9-10-11-15-26-24-19-14-12-13-18(2)23(19)27-20-16-25(3,4)17-21(28)22(20)24/h18-20,22-24,26-27H,5-17H2,1-4H3. The molecule has 3 fully saturated rings. The molecule has 0 radical (unpaired) electrons. The highest BCUT2D eigenvalue weighted by atomic mass is 16.1. The zero-order chi connectivity index (χ0) is 20.1. The number of hydrogen-bond donors (Lipinski definition) is 2. The van der Waals surface area contributed by atoms with Gasteiger partial charge < -0.3 is 10.6 Å². The lowest BCUT2D eigenvalue weighted by Gasteiger charge is -2.55. The highest BCUT2D eigenvalue weighted by Crippen LogP contribution is 2.45. The lowest BCUT2D eigenvalue weighted by Crippen LogP contribution is -2.69. The normalized spacial score (nSPS) is 37.4. The summed E-state index contributed by atoms with van der Waals surface area (Å²) in [6.07, 6.45) is 15.3. The predicted molar refractivity (Wildman–Crippen MR) is 119 cm³/mol. The van der Waals surface area contributed by atoms with E-state index in [1.807, 2.05) is 0 Å². The van der Waals surface area contributed by atoms with E-state index in [4.69, 9.17) is 0 Å². The quantitative estimate of drug-likeness (QED) is 0.512. The van der Waals surface area contributed by atoms with E-state index in [1.165, 1.54) is 64.2 Å². The van der Waals surface area contributed by atoms with Crippen molar-refractivity contribution in [2.45, 2.75) is 123 Å². The summed E-state index contributed by atoms with van der Waals surface area (Å²) in [6, 6.07) is 1.38. The Hall–Kier alpha value is -0.410. The van der Waals surface area contributed by atoms with Gasteiger partial charge in [-0.3, -0.25) is 4.79 Å². The molecule has 2 saturated carbocycles. The molecule has 0 aromatic heterocycles. The Kier molecular flexibility index (Phi) is 8.01. The van der Waals surface area contributed by atoms with E-state index in [2.05, 4.69) is 38.3 Å². The molecule has 1 aliphatic heterocycles. The summed E-state index contributed by atoms with van der Waals surface area (Å²) in [7, 11) is 0. The molecule has 1 saturated heterocycles.